The fourth-order valence-corrected chi connectivity index (χ4v) is 5.27. The first-order valence-electron chi connectivity index (χ1n) is 12.7. The van der Waals surface area contributed by atoms with E-state index >= 15 is 0 Å². The molecule has 0 saturated heterocycles. The number of aromatic nitrogens is 1. The number of methoxy groups -OCH3 is 2. The number of rotatable bonds is 11. The molecule has 4 rings (SSSR count). The van der Waals surface area contributed by atoms with Crippen molar-refractivity contribution < 1.29 is 33.7 Å². The van der Waals surface area contributed by atoms with E-state index in [1.165, 1.54) is 25.2 Å². The van der Waals surface area contributed by atoms with Gasteiger partial charge in [-0.05, 0) is 42.7 Å². The standard InChI is InChI=1S/C30H30N2O7S/c1-5-6-16-39-22-15-13-20(17-23(22)37-3)25-24(21(33)14-12-19-10-8-7-9-11-19)26(34)28(35)32(25)30-31-18(2)27(40-30)29(36)38-4/h7-15,17,25,34H,5-6,16H2,1-4H3. The summed E-state index contributed by atoms with van der Waals surface area (Å²) in [6, 6.07) is 13.2. The zero-order valence-corrected chi connectivity index (χ0v) is 23.5. The van der Waals surface area contributed by atoms with E-state index in [0.717, 1.165) is 29.7 Å². The largest absolute Gasteiger partial charge is 0.503 e. The summed E-state index contributed by atoms with van der Waals surface area (Å²) >= 11 is 0.941. The Morgan fingerprint density at radius 3 is 2.55 bits per heavy atom. The molecule has 9 nitrogen and oxygen atoms in total. The Labute approximate surface area is 236 Å². The average Bonchev–Trinajstić information content (AvgIpc) is 3.48. The maximum atomic E-state index is 13.5. The minimum atomic E-state index is -1.05. The molecule has 0 spiro atoms. The number of ether oxygens (including phenoxy) is 3. The van der Waals surface area contributed by atoms with Gasteiger partial charge in [0.2, 0.25) is 0 Å². The second-order valence-electron chi connectivity index (χ2n) is 8.96. The van der Waals surface area contributed by atoms with Crippen LogP contribution in [0.4, 0.5) is 5.13 Å². The minimum absolute atomic E-state index is 0.119. The molecule has 0 saturated carbocycles. The third-order valence-electron chi connectivity index (χ3n) is 6.32. The Hall–Kier alpha value is -4.44. The van der Waals surface area contributed by atoms with Gasteiger partial charge >= 0.3 is 5.97 Å². The summed E-state index contributed by atoms with van der Waals surface area (Å²) in [4.78, 5) is 45.1. The molecule has 0 aliphatic carbocycles. The van der Waals surface area contributed by atoms with Gasteiger partial charge in [0.25, 0.3) is 5.91 Å². The van der Waals surface area contributed by atoms with Crippen LogP contribution >= 0.6 is 11.3 Å². The molecule has 2 heterocycles. The number of carbonyl (C=O) groups is 3. The van der Waals surface area contributed by atoms with Crippen LogP contribution in [0.5, 0.6) is 11.5 Å². The monoisotopic (exact) mass is 562 g/mol. The molecule has 208 valence electrons. The molecular formula is C30H30N2O7S. The van der Waals surface area contributed by atoms with Gasteiger partial charge in [0.1, 0.15) is 4.88 Å². The maximum Gasteiger partial charge on any atom is 0.350 e. The lowest BCUT2D eigenvalue weighted by Crippen LogP contribution is -2.30. The molecule has 1 atom stereocenters. The number of carbonyl (C=O) groups excluding carboxylic acids is 3. The summed E-state index contributed by atoms with van der Waals surface area (Å²) in [5, 5.41) is 11.1. The van der Waals surface area contributed by atoms with Crippen LogP contribution in [0.1, 0.15) is 52.3 Å². The van der Waals surface area contributed by atoms with Gasteiger partial charge in [0.15, 0.2) is 28.2 Å². The van der Waals surface area contributed by atoms with Gasteiger partial charge in [0, 0.05) is 0 Å². The molecular weight excluding hydrogens is 532 g/mol. The number of nitrogens with zero attached hydrogens (tertiary/aromatic N) is 2. The Balaban J connectivity index is 1.81. The molecule has 1 unspecified atom stereocenters. The van der Waals surface area contributed by atoms with Gasteiger partial charge in [-0.2, -0.15) is 0 Å². The highest BCUT2D eigenvalue weighted by Gasteiger charge is 2.45. The van der Waals surface area contributed by atoms with Crippen LogP contribution in [0.15, 0.2) is 65.9 Å². The number of aryl methyl sites for hydroxylation is 1. The molecule has 1 amide bonds. The number of ketones is 1. The number of aliphatic hydroxyl groups excluding tert-OH is 1. The summed E-state index contributed by atoms with van der Waals surface area (Å²) in [6.45, 7) is 4.18. The third-order valence-corrected chi connectivity index (χ3v) is 7.46. The molecule has 1 N–H and O–H groups in total. The van der Waals surface area contributed by atoms with E-state index in [1.54, 1.807) is 31.2 Å². The molecule has 0 fully saturated rings. The average molecular weight is 563 g/mol. The molecule has 0 radical (unpaired) electrons. The van der Waals surface area contributed by atoms with Gasteiger partial charge < -0.3 is 19.3 Å². The van der Waals surface area contributed by atoms with Crippen molar-refractivity contribution in [3.05, 3.63) is 87.6 Å². The first-order valence-corrected chi connectivity index (χ1v) is 13.5. The second kappa shape index (κ2) is 12.6. The van der Waals surface area contributed by atoms with Crippen molar-refractivity contribution in [1.29, 1.82) is 0 Å². The van der Waals surface area contributed by atoms with Crippen LogP contribution in [-0.2, 0) is 14.3 Å². The van der Waals surface area contributed by atoms with Crippen molar-refractivity contribution in [2.75, 3.05) is 25.7 Å². The Morgan fingerprint density at radius 2 is 1.88 bits per heavy atom. The molecule has 1 aliphatic heterocycles. The summed E-state index contributed by atoms with van der Waals surface area (Å²) in [5.41, 5.74) is 1.51. The summed E-state index contributed by atoms with van der Waals surface area (Å²) in [5.74, 6) is -1.73. The number of aliphatic hydroxyl groups is 1. The van der Waals surface area contributed by atoms with Crippen molar-refractivity contribution in [2.45, 2.75) is 32.7 Å². The SMILES string of the molecule is CCCCOc1ccc(C2C(C(=O)C=Cc3ccccc3)=C(O)C(=O)N2c2nc(C)c(C(=O)OC)s2)cc1OC. The number of amides is 1. The van der Waals surface area contributed by atoms with Crippen molar-refractivity contribution in [3.63, 3.8) is 0 Å². The maximum absolute atomic E-state index is 13.5. The highest BCUT2D eigenvalue weighted by Crippen LogP contribution is 2.45. The Morgan fingerprint density at radius 1 is 1.12 bits per heavy atom. The fraction of sp³-hybridized carbons (Fsp3) is 0.267. The lowest BCUT2D eigenvalue weighted by molar-refractivity contribution is -0.117. The van der Waals surface area contributed by atoms with Crippen LogP contribution in [0.3, 0.4) is 0 Å². The van der Waals surface area contributed by atoms with E-state index in [4.69, 9.17) is 14.2 Å². The quantitative estimate of drug-likeness (QED) is 0.182. The zero-order chi connectivity index (χ0) is 28.8. The first kappa shape index (κ1) is 28.6. The molecule has 40 heavy (non-hydrogen) atoms. The van der Waals surface area contributed by atoms with E-state index in [2.05, 4.69) is 11.9 Å². The highest BCUT2D eigenvalue weighted by atomic mass is 32.1. The number of hydrogen-bond acceptors (Lipinski definition) is 9. The summed E-state index contributed by atoms with van der Waals surface area (Å²) < 4.78 is 16.3. The lowest BCUT2D eigenvalue weighted by Gasteiger charge is -2.25. The fourth-order valence-electron chi connectivity index (χ4n) is 4.26. The van der Waals surface area contributed by atoms with Crippen molar-refractivity contribution in [1.82, 2.24) is 4.98 Å². The molecule has 0 bridgehead atoms. The lowest BCUT2D eigenvalue weighted by atomic mass is 9.95. The Kier molecular flexibility index (Phi) is 9.00. The van der Waals surface area contributed by atoms with E-state index < -0.39 is 29.5 Å². The van der Waals surface area contributed by atoms with Gasteiger partial charge in [-0.1, -0.05) is 67.2 Å². The number of allylic oxidation sites excluding steroid dienone is 1. The molecule has 2 aromatic carbocycles. The van der Waals surface area contributed by atoms with Crippen molar-refractivity contribution in [2.24, 2.45) is 0 Å². The Bertz CT molecular complexity index is 1480. The number of unbranched alkanes of at least 4 members (excludes halogenated alkanes) is 1. The number of thiazole rings is 1. The van der Waals surface area contributed by atoms with Gasteiger partial charge in [0.05, 0.1) is 38.1 Å². The number of anilines is 1. The minimum Gasteiger partial charge on any atom is -0.503 e. The van der Waals surface area contributed by atoms with Crippen molar-refractivity contribution in [3.8, 4) is 11.5 Å². The van der Waals surface area contributed by atoms with E-state index in [-0.39, 0.29) is 15.6 Å². The molecule has 3 aromatic rings. The highest BCUT2D eigenvalue weighted by molar-refractivity contribution is 7.17. The smallest absolute Gasteiger partial charge is 0.350 e. The van der Waals surface area contributed by atoms with Gasteiger partial charge in [-0.3, -0.25) is 14.5 Å². The number of benzene rings is 2. The predicted molar refractivity (Wildman–Crippen MR) is 152 cm³/mol. The number of esters is 1. The van der Waals surface area contributed by atoms with Crippen LogP contribution in [0.2, 0.25) is 0 Å². The topological polar surface area (TPSA) is 115 Å². The van der Waals surface area contributed by atoms with Gasteiger partial charge in [-0.15, -0.1) is 0 Å². The summed E-state index contributed by atoms with van der Waals surface area (Å²) in [6.07, 6.45) is 4.76. The normalized spacial score (nSPS) is 15.2. The molecule has 1 aromatic heterocycles. The molecule has 10 heteroatoms. The van der Waals surface area contributed by atoms with Crippen molar-refractivity contribution >= 4 is 40.2 Å². The van der Waals surface area contributed by atoms with Crippen LogP contribution in [0.25, 0.3) is 6.08 Å². The second-order valence-corrected chi connectivity index (χ2v) is 9.94. The van der Waals surface area contributed by atoms with E-state index in [0.29, 0.717) is 29.4 Å². The third kappa shape index (κ3) is 5.76. The van der Waals surface area contributed by atoms with Crippen LogP contribution < -0.4 is 14.4 Å². The van der Waals surface area contributed by atoms with Crippen LogP contribution in [-0.4, -0.2) is 48.6 Å². The van der Waals surface area contributed by atoms with E-state index in [9.17, 15) is 19.5 Å². The van der Waals surface area contributed by atoms with E-state index in [1.807, 2.05) is 30.3 Å². The number of hydrogen-bond donors (Lipinski definition) is 1. The first-order chi connectivity index (χ1) is 19.3. The van der Waals surface area contributed by atoms with Gasteiger partial charge in [-0.25, -0.2) is 9.78 Å². The summed E-state index contributed by atoms with van der Waals surface area (Å²) in [7, 11) is 2.75. The van der Waals surface area contributed by atoms with Crippen LogP contribution in [0, 0.1) is 6.92 Å². The zero-order valence-electron chi connectivity index (χ0n) is 22.7. The molecule has 1 aliphatic rings. The predicted octanol–water partition coefficient (Wildman–Crippen LogP) is 5.61.